The molecule has 0 N–H and O–H groups in total. The second kappa shape index (κ2) is 8.25. The second-order valence-corrected chi connectivity index (χ2v) is 7.17. The van der Waals surface area contributed by atoms with Crippen LogP contribution >= 0.6 is 0 Å². The quantitative estimate of drug-likeness (QED) is 0.585. The van der Waals surface area contributed by atoms with Crippen molar-refractivity contribution in [3.63, 3.8) is 0 Å². The van der Waals surface area contributed by atoms with E-state index >= 15 is 0 Å². The highest BCUT2D eigenvalue weighted by atomic mass is 32.2. The van der Waals surface area contributed by atoms with Crippen LogP contribution < -0.4 is 0 Å². The van der Waals surface area contributed by atoms with Gasteiger partial charge in [-0.15, -0.1) is 0 Å². The van der Waals surface area contributed by atoms with Gasteiger partial charge in [-0.1, -0.05) is 30.3 Å². The molecule has 1 aromatic carbocycles. The number of hydrogen-bond donors (Lipinski definition) is 0. The molecule has 0 radical (unpaired) electrons. The third-order valence-electron chi connectivity index (χ3n) is 3.87. The molecule has 0 atom stereocenters. The van der Waals surface area contributed by atoms with Crippen LogP contribution in [0, 0.1) is 5.92 Å². The normalized spacial score (nSPS) is 23.6. The summed E-state index contributed by atoms with van der Waals surface area (Å²) < 4.78 is 16.9. The second-order valence-electron chi connectivity index (χ2n) is 5.47. The topological polar surface area (TPSA) is 26.3 Å². The van der Waals surface area contributed by atoms with Crippen LogP contribution in [0.5, 0.6) is 0 Å². The predicted molar refractivity (Wildman–Crippen MR) is 85.9 cm³/mol. The van der Waals surface area contributed by atoms with Gasteiger partial charge in [0.25, 0.3) is 0 Å². The van der Waals surface area contributed by atoms with E-state index in [1.165, 1.54) is 17.6 Å². The lowest BCUT2D eigenvalue weighted by Gasteiger charge is -2.20. The van der Waals surface area contributed by atoms with E-state index in [-0.39, 0.29) is 0 Å². The third kappa shape index (κ3) is 5.12. The molecule has 1 heterocycles. The van der Waals surface area contributed by atoms with E-state index in [2.05, 4.69) is 19.1 Å². The monoisotopic (exact) mass is 292 g/mol. The Morgan fingerprint density at radius 2 is 2.00 bits per heavy atom. The number of benzene rings is 1. The van der Waals surface area contributed by atoms with Crippen LogP contribution in [0.3, 0.4) is 0 Å². The lowest BCUT2D eigenvalue weighted by atomic mass is 9.97. The maximum absolute atomic E-state index is 11.3. The van der Waals surface area contributed by atoms with Crippen molar-refractivity contribution in [2.24, 2.45) is 5.92 Å². The number of ether oxygens (including phenoxy) is 1. The lowest BCUT2D eigenvalue weighted by molar-refractivity contribution is 0.232. The highest BCUT2D eigenvalue weighted by Gasteiger charge is 2.16. The number of hydrogen-bond acceptors (Lipinski definition) is 2. The molecule has 1 saturated heterocycles. The van der Waals surface area contributed by atoms with E-state index in [0.29, 0.717) is 0 Å². The Bertz CT molecular complexity index is 443. The van der Waals surface area contributed by atoms with Crippen molar-refractivity contribution in [2.75, 3.05) is 18.1 Å². The zero-order chi connectivity index (χ0) is 14.2. The van der Waals surface area contributed by atoms with Crippen LogP contribution in [0.1, 0.15) is 38.2 Å². The summed E-state index contributed by atoms with van der Waals surface area (Å²) in [5, 5.41) is 0. The number of allylic oxidation sites excluding steroid dienone is 1. The Hall–Kier alpha value is -1.09. The van der Waals surface area contributed by atoms with E-state index < -0.39 is 10.8 Å². The Morgan fingerprint density at radius 3 is 2.70 bits per heavy atom. The predicted octanol–water partition coefficient (Wildman–Crippen LogP) is 4.00. The van der Waals surface area contributed by atoms with Gasteiger partial charge in [0.2, 0.25) is 0 Å². The minimum absolute atomic E-state index is 0.538. The molecule has 0 amide bonds. The first-order valence-corrected chi connectivity index (χ1v) is 8.93. The minimum Gasteiger partial charge on any atom is -0.501 e. The molecular weight excluding hydrogens is 268 g/mol. The van der Waals surface area contributed by atoms with E-state index in [1.807, 2.05) is 24.5 Å². The Balaban J connectivity index is 1.63. The number of rotatable bonds is 6. The average molecular weight is 292 g/mol. The largest absolute Gasteiger partial charge is 0.501 e. The fourth-order valence-corrected chi connectivity index (χ4v) is 3.94. The molecule has 0 aromatic heterocycles. The van der Waals surface area contributed by atoms with Gasteiger partial charge in [-0.3, -0.25) is 4.21 Å². The molecule has 2 nitrogen and oxygen atoms in total. The van der Waals surface area contributed by atoms with E-state index in [4.69, 9.17) is 4.74 Å². The zero-order valence-corrected chi connectivity index (χ0v) is 13.0. The molecular formula is C17H24O2S. The van der Waals surface area contributed by atoms with Crippen molar-refractivity contribution in [3.05, 3.63) is 42.2 Å². The first-order chi connectivity index (χ1) is 9.75. The van der Waals surface area contributed by atoms with Gasteiger partial charge in [-0.05, 0) is 49.7 Å². The first kappa shape index (κ1) is 15.3. The summed E-state index contributed by atoms with van der Waals surface area (Å²) in [7, 11) is -0.538. The van der Waals surface area contributed by atoms with Crippen molar-refractivity contribution in [3.8, 4) is 0 Å². The summed E-state index contributed by atoms with van der Waals surface area (Å²) in [6, 6.07) is 10.3. The van der Waals surface area contributed by atoms with E-state index in [9.17, 15) is 4.21 Å². The summed E-state index contributed by atoms with van der Waals surface area (Å²) in [5.41, 5.74) is 2.38. The van der Waals surface area contributed by atoms with Gasteiger partial charge >= 0.3 is 0 Å². The molecule has 20 heavy (non-hydrogen) atoms. The summed E-state index contributed by atoms with van der Waals surface area (Å²) >= 11 is 0. The van der Waals surface area contributed by atoms with Crippen LogP contribution in [0.15, 0.2) is 36.6 Å². The molecule has 110 valence electrons. The molecule has 0 bridgehead atoms. The molecule has 2 rings (SSSR count). The van der Waals surface area contributed by atoms with Gasteiger partial charge in [0.05, 0.1) is 12.9 Å². The molecule has 1 fully saturated rings. The maximum atomic E-state index is 11.3. The summed E-state index contributed by atoms with van der Waals surface area (Å²) in [4.78, 5) is 0. The standard InChI is InChI=1S/C17H24O2S/c1-15(17-7-3-2-4-8-17)14-19-11-5-6-16-9-12-20(18)13-10-16/h2-4,7-8,14,16H,5-6,9-13H2,1H3/b15-14-. The van der Waals surface area contributed by atoms with Crippen molar-refractivity contribution in [1.29, 1.82) is 0 Å². The van der Waals surface area contributed by atoms with Crippen molar-refractivity contribution < 1.29 is 8.95 Å². The smallest absolute Gasteiger partial charge is 0.0873 e. The molecule has 1 aliphatic heterocycles. The minimum atomic E-state index is -0.538. The molecule has 1 aliphatic rings. The zero-order valence-electron chi connectivity index (χ0n) is 12.2. The van der Waals surface area contributed by atoms with Gasteiger partial charge < -0.3 is 4.74 Å². The lowest BCUT2D eigenvalue weighted by Crippen LogP contribution is -2.18. The Labute approximate surface area is 124 Å². The highest BCUT2D eigenvalue weighted by Crippen LogP contribution is 2.21. The van der Waals surface area contributed by atoms with Crippen molar-refractivity contribution in [1.82, 2.24) is 0 Å². The summed E-state index contributed by atoms with van der Waals surface area (Å²) in [6.45, 7) is 2.86. The van der Waals surface area contributed by atoms with Crippen molar-refractivity contribution >= 4 is 16.4 Å². The van der Waals surface area contributed by atoms with Crippen LogP contribution in [-0.4, -0.2) is 22.3 Å². The van der Waals surface area contributed by atoms with Gasteiger partial charge in [0.15, 0.2) is 0 Å². The molecule has 0 spiro atoms. The van der Waals surface area contributed by atoms with E-state index in [1.54, 1.807) is 0 Å². The van der Waals surface area contributed by atoms with Crippen LogP contribution in [0.2, 0.25) is 0 Å². The highest BCUT2D eigenvalue weighted by molar-refractivity contribution is 7.85. The molecule has 1 aromatic rings. The van der Waals surface area contributed by atoms with E-state index in [0.717, 1.165) is 43.3 Å². The average Bonchev–Trinajstić information content (AvgIpc) is 2.49. The SMILES string of the molecule is C/C(=C/OCCCC1CCS(=O)CC1)c1ccccc1. The van der Waals surface area contributed by atoms with Gasteiger partial charge in [0, 0.05) is 22.3 Å². The Kier molecular flexibility index (Phi) is 6.31. The van der Waals surface area contributed by atoms with Gasteiger partial charge in [-0.25, -0.2) is 0 Å². The third-order valence-corrected chi connectivity index (χ3v) is 5.25. The fourth-order valence-electron chi connectivity index (χ4n) is 2.54. The summed E-state index contributed by atoms with van der Waals surface area (Å²) in [6.07, 6.45) is 6.42. The fraction of sp³-hybridized carbons (Fsp3) is 0.529. The Morgan fingerprint density at radius 1 is 1.30 bits per heavy atom. The molecule has 3 heteroatoms. The molecule has 0 saturated carbocycles. The maximum Gasteiger partial charge on any atom is 0.0873 e. The van der Waals surface area contributed by atoms with Crippen LogP contribution in [0.25, 0.3) is 5.57 Å². The molecule has 0 unspecified atom stereocenters. The first-order valence-electron chi connectivity index (χ1n) is 7.44. The van der Waals surface area contributed by atoms with Crippen LogP contribution in [-0.2, 0) is 15.5 Å². The van der Waals surface area contributed by atoms with Crippen molar-refractivity contribution in [2.45, 2.75) is 32.6 Å². The van der Waals surface area contributed by atoms with Crippen LogP contribution in [0.4, 0.5) is 0 Å². The summed E-state index contributed by atoms with van der Waals surface area (Å²) in [5.74, 6) is 2.56. The van der Waals surface area contributed by atoms with Gasteiger partial charge in [0.1, 0.15) is 0 Å². The van der Waals surface area contributed by atoms with Gasteiger partial charge in [-0.2, -0.15) is 0 Å². The molecule has 0 aliphatic carbocycles.